The van der Waals surface area contributed by atoms with Crippen LogP contribution in [0.25, 0.3) is 10.9 Å². The van der Waals surface area contributed by atoms with Crippen LogP contribution in [-0.2, 0) is 11.3 Å². The number of carbonyl (C=O) groups excluding carboxylic acids is 1. The zero-order valence-corrected chi connectivity index (χ0v) is 12.3. The predicted molar refractivity (Wildman–Crippen MR) is 78.0 cm³/mol. The summed E-state index contributed by atoms with van der Waals surface area (Å²) in [4.78, 5) is 17.1. The second-order valence-electron chi connectivity index (χ2n) is 5.11. The molecule has 2 N–H and O–H groups in total. The molecular weight excluding hydrogens is 256 g/mol. The molecule has 0 spiro atoms. The van der Waals surface area contributed by atoms with Crippen LogP contribution in [0.3, 0.4) is 0 Å². The van der Waals surface area contributed by atoms with Gasteiger partial charge < -0.3 is 19.7 Å². The van der Waals surface area contributed by atoms with Crippen molar-refractivity contribution in [3.8, 4) is 5.75 Å². The lowest BCUT2D eigenvalue weighted by atomic mass is 10.1. The van der Waals surface area contributed by atoms with E-state index in [0.717, 1.165) is 16.8 Å². The van der Waals surface area contributed by atoms with Gasteiger partial charge >= 0.3 is 5.97 Å². The molecule has 1 aromatic heterocycles. The molecule has 1 heterocycles. The van der Waals surface area contributed by atoms with E-state index in [9.17, 15) is 9.90 Å². The van der Waals surface area contributed by atoms with Crippen molar-refractivity contribution in [3.05, 3.63) is 29.0 Å². The second-order valence-corrected chi connectivity index (χ2v) is 5.11. The summed E-state index contributed by atoms with van der Waals surface area (Å²) in [5.74, 6) is -0.174. The lowest BCUT2D eigenvalue weighted by Gasteiger charge is -2.11. The number of phenolic OH excluding ortho intramolecular Hbond substituents is 1. The molecule has 5 heteroatoms. The number of aromatic amines is 1. The van der Waals surface area contributed by atoms with Crippen molar-refractivity contribution < 1.29 is 14.6 Å². The maximum Gasteiger partial charge on any atom is 0.340 e. The van der Waals surface area contributed by atoms with Crippen LogP contribution in [0.5, 0.6) is 5.75 Å². The second kappa shape index (κ2) is 5.54. The molecule has 1 aromatic carbocycles. The minimum atomic E-state index is -0.365. The molecular formula is C15H20N2O3. The van der Waals surface area contributed by atoms with Crippen LogP contribution < -0.4 is 0 Å². The van der Waals surface area contributed by atoms with Crippen LogP contribution in [0.15, 0.2) is 12.1 Å². The van der Waals surface area contributed by atoms with Crippen LogP contribution in [0.4, 0.5) is 0 Å². The van der Waals surface area contributed by atoms with Gasteiger partial charge in [0.1, 0.15) is 5.75 Å². The first-order valence-electron chi connectivity index (χ1n) is 6.60. The lowest BCUT2D eigenvalue weighted by molar-refractivity contribution is 0.0528. The summed E-state index contributed by atoms with van der Waals surface area (Å²) < 4.78 is 5.06. The number of ether oxygens (including phenoxy) is 1. The van der Waals surface area contributed by atoms with E-state index in [1.807, 2.05) is 32.0 Å². The van der Waals surface area contributed by atoms with Crippen LogP contribution in [0, 0.1) is 6.92 Å². The number of H-pyrrole nitrogens is 1. The topological polar surface area (TPSA) is 65.6 Å². The van der Waals surface area contributed by atoms with Gasteiger partial charge in [0.25, 0.3) is 0 Å². The normalized spacial score (nSPS) is 11.2. The number of esters is 1. The van der Waals surface area contributed by atoms with E-state index in [1.54, 1.807) is 13.0 Å². The number of benzene rings is 1. The average Bonchev–Trinajstić information content (AvgIpc) is 2.64. The number of aromatic nitrogens is 1. The smallest absolute Gasteiger partial charge is 0.340 e. The van der Waals surface area contributed by atoms with Crippen molar-refractivity contribution in [1.29, 1.82) is 0 Å². The molecule has 0 saturated heterocycles. The molecule has 2 rings (SSSR count). The van der Waals surface area contributed by atoms with Gasteiger partial charge in [-0.2, -0.15) is 0 Å². The van der Waals surface area contributed by atoms with Crippen molar-refractivity contribution in [2.45, 2.75) is 20.4 Å². The zero-order chi connectivity index (χ0) is 14.9. The molecule has 2 aromatic rings. The Balaban J connectivity index is 2.55. The number of hydrogen-bond donors (Lipinski definition) is 2. The zero-order valence-electron chi connectivity index (χ0n) is 12.3. The van der Waals surface area contributed by atoms with Gasteiger partial charge in [-0.3, -0.25) is 0 Å². The minimum Gasteiger partial charge on any atom is -0.508 e. The highest BCUT2D eigenvalue weighted by atomic mass is 16.5. The largest absolute Gasteiger partial charge is 0.508 e. The molecule has 0 aliphatic carbocycles. The quantitative estimate of drug-likeness (QED) is 0.842. The molecule has 20 heavy (non-hydrogen) atoms. The number of fused-ring (bicyclic) bond motifs is 1. The molecule has 0 fully saturated rings. The Morgan fingerprint density at radius 1 is 1.40 bits per heavy atom. The number of nitrogens with zero attached hydrogens (tertiary/aromatic N) is 1. The van der Waals surface area contributed by atoms with E-state index in [1.165, 1.54) is 0 Å². The maximum absolute atomic E-state index is 12.0. The Morgan fingerprint density at radius 2 is 2.10 bits per heavy atom. The Hall–Kier alpha value is -2.01. The molecule has 0 aliphatic rings. The van der Waals surface area contributed by atoms with Gasteiger partial charge in [-0.05, 0) is 40.1 Å². The van der Waals surface area contributed by atoms with Crippen molar-refractivity contribution in [3.63, 3.8) is 0 Å². The third kappa shape index (κ3) is 2.63. The van der Waals surface area contributed by atoms with Crippen LogP contribution in [0.2, 0.25) is 0 Å². The van der Waals surface area contributed by atoms with Crippen LogP contribution in [-0.4, -0.2) is 41.7 Å². The summed E-state index contributed by atoms with van der Waals surface area (Å²) in [6.07, 6.45) is 0. The molecule has 0 atom stereocenters. The number of hydrogen-bond acceptors (Lipinski definition) is 4. The molecule has 0 unspecified atom stereocenters. The van der Waals surface area contributed by atoms with E-state index in [2.05, 4.69) is 4.98 Å². The third-order valence-corrected chi connectivity index (χ3v) is 3.15. The summed E-state index contributed by atoms with van der Waals surface area (Å²) in [7, 11) is 3.88. The van der Waals surface area contributed by atoms with Gasteiger partial charge in [0.2, 0.25) is 0 Å². The van der Waals surface area contributed by atoms with Gasteiger partial charge in [0, 0.05) is 28.7 Å². The summed E-state index contributed by atoms with van der Waals surface area (Å²) >= 11 is 0. The molecule has 0 saturated carbocycles. The van der Waals surface area contributed by atoms with E-state index >= 15 is 0 Å². The fraction of sp³-hybridized carbons (Fsp3) is 0.400. The Bertz CT molecular complexity index is 644. The number of carbonyl (C=O) groups is 1. The highest BCUT2D eigenvalue weighted by Crippen LogP contribution is 2.30. The van der Waals surface area contributed by atoms with E-state index in [4.69, 9.17) is 4.74 Å². The van der Waals surface area contributed by atoms with Crippen molar-refractivity contribution in [2.24, 2.45) is 0 Å². The number of rotatable bonds is 4. The third-order valence-electron chi connectivity index (χ3n) is 3.15. The van der Waals surface area contributed by atoms with Crippen molar-refractivity contribution in [2.75, 3.05) is 20.7 Å². The molecule has 0 aliphatic heterocycles. The minimum absolute atomic E-state index is 0.191. The van der Waals surface area contributed by atoms with E-state index in [0.29, 0.717) is 24.1 Å². The first-order valence-corrected chi connectivity index (χ1v) is 6.60. The summed E-state index contributed by atoms with van der Waals surface area (Å²) in [5, 5.41) is 10.8. The number of aromatic hydroxyl groups is 1. The number of nitrogens with one attached hydrogen (secondary N) is 1. The summed E-state index contributed by atoms with van der Waals surface area (Å²) in [5.41, 5.74) is 2.90. The Kier molecular flexibility index (Phi) is 3.99. The number of phenols is 1. The highest BCUT2D eigenvalue weighted by Gasteiger charge is 2.19. The fourth-order valence-corrected chi connectivity index (χ4v) is 2.34. The molecule has 5 nitrogen and oxygen atoms in total. The number of aryl methyl sites for hydroxylation is 1. The molecule has 0 bridgehead atoms. The van der Waals surface area contributed by atoms with Crippen LogP contribution in [0.1, 0.15) is 28.5 Å². The van der Waals surface area contributed by atoms with E-state index < -0.39 is 0 Å². The summed E-state index contributed by atoms with van der Waals surface area (Å²) in [6.45, 7) is 4.56. The van der Waals surface area contributed by atoms with Gasteiger partial charge in [-0.1, -0.05) is 0 Å². The Morgan fingerprint density at radius 3 is 2.70 bits per heavy atom. The van der Waals surface area contributed by atoms with Gasteiger partial charge in [0.15, 0.2) is 0 Å². The van der Waals surface area contributed by atoms with Gasteiger partial charge in [0.05, 0.1) is 12.2 Å². The first kappa shape index (κ1) is 14.4. The monoisotopic (exact) mass is 276 g/mol. The standard InChI is InChI=1S/C15H20N2O3/c1-5-20-15(19)14-9(2)16-12-6-10(8-17(3)4)13(18)7-11(12)14/h6-7,16,18H,5,8H2,1-4H3. The van der Waals surface area contributed by atoms with Crippen LogP contribution >= 0.6 is 0 Å². The lowest BCUT2D eigenvalue weighted by Crippen LogP contribution is -2.10. The summed E-state index contributed by atoms with van der Waals surface area (Å²) in [6, 6.07) is 3.50. The van der Waals surface area contributed by atoms with Gasteiger partial charge in [-0.15, -0.1) is 0 Å². The highest BCUT2D eigenvalue weighted by molar-refractivity contribution is 6.06. The molecule has 0 radical (unpaired) electrons. The van der Waals surface area contributed by atoms with E-state index in [-0.39, 0.29) is 11.7 Å². The maximum atomic E-state index is 12.0. The first-order chi connectivity index (χ1) is 9.43. The predicted octanol–water partition coefficient (Wildman–Crippen LogP) is 2.42. The fourth-order valence-electron chi connectivity index (χ4n) is 2.34. The van der Waals surface area contributed by atoms with Crippen molar-refractivity contribution in [1.82, 2.24) is 9.88 Å². The Labute approximate surface area is 118 Å². The van der Waals surface area contributed by atoms with Gasteiger partial charge in [-0.25, -0.2) is 4.79 Å². The van der Waals surface area contributed by atoms with Crippen molar-refractivity contribution >= 4 is 16.9 Å². The molecule has 108 valence electrons. The molecule has 0 amide bonds. The average molecular weight is 276 g/mol. The SMILES string of the molecule is CCOC(=O)c1c(C)[nH]c2cc(CN(C)C)c(O)cc12.